The van der Waals surface area contributed by atoms with Crippen molar-refractivity contribution in [2.75, 3.05) is 0 Å². The fraction of sp³-hybridized carbons (Fsp3) is 0.486. The largest absolute Gasteiger partial charge is 0.508 e. The van der Waals surface area contributed by atoms with Crippen LogP contribution in [0.15, 0.2) is 96.2 Å². The number of ether oxygens (including phenoxy) is 1. The first-order valence-electron chi connectivity index (χ1n) is 15.3. The molecular formula is C37H48O6. The van der Waals surface area contributed by atoms with Crippen molar-refractivity contribution in [2.24, 2.45) is 35.0 Å². The molecule has 0 amide bonds. The van der Waals surface area contributed by atoms with Gasteiger partial charge in [0, 0.05) is 29.7 Å². The first-order valence-corrected chi connectivity index (χ1v) is 15.3. The number of allylic oxidation sites excluding steroid dienone is 6. The Morgan fingerprint density at radius 2 is 1.77 bits per heavy atom. The molecule has 2 aliphatic carbocycles. The molecule has 6 heteroatoms. The fourth-order valence-corrected chi connectivity index (χ4v) is 7.79. The number of hydrogen-bond acceptors (Lipinski definition) is 5. The molecule has 1 saturated heterocycles. The predicted molar refractivity (Wildman–Crippen MR) is 170 cm³/mol. The number of carboxylic acids is 1. The molecule has 0 radical (unpaired) electrons. The summed E-state index contributed by atoms with van der Waals surface area (Å²) in [5.74, 6) is -0.124. The molecule has 3 aliphatic rings. The Labute approximate surface area is 256 Å². The van der Waals surface area contributed by atoms with Gasteiger partial charge in [-0.05, 0) is 62.6 Å². The molecule has 232 valence electrons. The number of carboxylic acid groups (broad SMARTS) is 1. The van der Waals surface area contributed by atoms with E-state index in [1.54, 1.807) is 12.1 Å². The minimum atomic E-state index is -0.993. The van der Waals surface area contributed by atoms with E-state index >= 15 is 0 Å². The topological polar surface area (TPSA) is 107 Å². The standard InChI is InChI=1S/C37H48O6/c1-23(14-20-31(40)41)13-19-29(39)24(2)11-9-7-8-10-12-30-32-25(3)21-28-34(36(4,5)22-37(28,6)42)33(32)35(43-30)26-15-17-27(38)18-16-26/h7-18,20-21,24,28-30,32-35,38-39,42H,19,22H2,1-6H3,(H,40,41)/b8-7+,11-9?,12-10+,20-14+,23-13+/t24-,28-,29+,30-,32-,33+,34+,35+,37-/m0/s1. The Morgan fingerprint density at radius 3 is 2.44 bits per heavy atom. The number of aliphatic carboxylic acids is 1. The highest BCUT2D eigenvalue weighted by molar-refractivity contribution is 5.80. The Balaban J connectivity index is 1.47. The van der Waals surface area contributed by atoms with Gasteiger partial charge >= 0.3 is 5.97 Å². The molecule has 0 aromatic heterocycles. The molecule has 1 aromatic carbocycles. The van der Waals surface area contributed by atoms with E-state index < -0.39 is 17.7 Å². The lowest BCUT2D eigenvalue weighted by Gasteiger charge is -2.44. The van der Waals surface area contributed by atoms with Gasteiger partial charge in [-0.2, -0.15) is 0 Å². The lowest BCUT2D eigenvalue weighted by Crippen LogP contribution is -2.42. The highest BCUT2D eigenvalue weighted by Gasteiger charge is 2.63. The number of phenolic OH excluding ortho intramolecular Hbond substituents is 1. The van der Waals surface area contributed by atoms with Gasteiger partial charge in [0.25, 0.3) is 0 Å². The van der Waals surface area contributed by atoms with Gasteiger partial charge in [0.2, 0.25) is 0 Å². The van der Waals surface area contributed by atoms with Gasteiger partial charge in [0.1, 0.15) is 5.75 Å². The van der Waals surface area contributed by atoms with Gasteiger partial charge in [-0.25, -0.2) is 4.79 Å². The molecule has 0 unspecified atom stereocenters. The van der Waals surface area contributed by atoms with Crippen LogP contribution >= 0.6 is 0 Å². The highest BCUT2D eigenvalue weighted by Crippen LogP contribution is 2.65. The zero-order valence-corrected chi connectivity index (χ0v) is 26.2. The summed E-state index contributed by atoms with van der Waals surface area (Å²) in [4.78, 5) is 10.7. The van der Waals surface area contributed by atoms with E-state index in [2.05, 4.69) is 32.9 Å². The molecule has 1 saturated carbocycles. The van der Waals surface area contributed by atoms with Crippen molar-refractivity contribution in [3.05, 3.63) is 102 Å². The zero-order valence-electron chi connectivity index (χ0n) is 26.2. The molecule has 4 N–H and O–H groups in total. The van der Waals surface area contributed by atoms with Gasteiger partial charge < -0.3 is 25.2 Å². The van der Waals surface area contributed by atoms with E-state index in [1.807, 2.05) is 69.4 Å². The van der Waals surface area contributed by atoms with Crippen molar-refractivity contribution in [3.63, 3.8) is 0 Å². The lowest BCUT2D eigenvalue weighted by atomic mass is 9.59. The van der Waals surface area contributed by atoms with Crippen LogP contribution in [-0.4, -0.2) is 44.2 Å². The second-order valence-electron chi connectivity index (χ2n) is 13.6. The van der Waals surface area contributed by atoms with Crippen LogP contribution in [0.1, 0.15) is 66.1 Å². The SMILES string of the molecule is CC1=C[C@H]2[C@H]([C@H]3[C@@H]1[C@H](/C=C/C=C/C=C[C@H](C)[C@H](O)C/C=C(C)/C=C/C(=O)O)O[C@@H]3c1ccc(O)cc1)C(C)(C)C[C@]2(C)O. The van der Waals surface area contributed by atoms with Crippen LogP contribution in [-0.2, 0) is 9.53 Å². The van der Waals surface area contributed by atoms with Crippen LogP contribution in [0, 0.1) is 35.0 Å². The van der Waals surface area contributed by atoms with Crippen LogP contribution in [0.4, 0.5) is 0 Å². The summed E-state index contributed by atoms with van der Waals surface area (Å²) < 4.78 is 6.81. The number of carbonyl (C=O) groups is 1. The van der Waals surface area contributed by atoms with E-state index in [9.17, 15) is 20.1 Å². The maximum absolute atomic E-state index is 11.4. The Kier molecular flexibility index (Phi) is 10.1. The average molecular weight is 589 g/mol. The summed E-state index contributed by atoms with van der Waals surface area (Å²) >= 11 is 0. The van der Waals surface area contributed by atoms with Crippen LogP contribution in [0.2, 0.25) is 0 Å². The number of aliphatic hydroxyl groups is 2. The summed E-state index contributed by atoms with van der Waals surface area (Å²) in [6.07, 6.45) is 19.0. The Hall–Kier alpha value is -3.19. The van der Waals surface area contributed by atoms with E-state index in [0.29, 0.717) is 6.42 Å². The van der Waals surface area contributed by atoms with Gasteiger partial charge in [-0.3, -0.25) is 0 Å². The zero-order chi connectivity index (χ0) is 31.5. The molecular weight excluding hydrogens is 540 g/mol. The molecule has 0 spiro atoms. The lowest BCUT2D eigenvalue weighted by molar-refractivity contribution is -0.131. The molecule has 1 heterocycles. The number of aliphatic hydroxyl groups excluding tert-OH is 1. The number of phenols is 1. The third-order valence-corrected chi connectivity index (χ3v) is 9.67. The van der Waals surface area contributed by atoms with Gasteiger partial charge in [0.05, 0.1) is 23.9 Å². The molecule has 2 fully saturated rings. The predicted octanol–water partition coefficient (Wildman–Crippen LogP) is 7.08. The van der Waals surface area contributed by atoms with Crippen molar-refractivity contribution in [2.45, 2.75) is 78.3 Å². The first-order chi connectivity index (χ1) is 20.2. The second kappa shape index (κ2) is 13.2. The van der Waals surface area contributed by atoms with E-state index in [4.69, 9.17) is 9.84 Å². The Bertz CT molecular complexity index is 1330. The van der Waals surface area contributed by atoms with Gasteiger partial charge in [-0.1, -0.05) is 98.7 Å². The third kappa shape index (κ3) is 7.49. The van der Waals surface area contributed by atoms with Crippen molar-refractivity contribution in [3.8, 4) is 5.75 Å². The van der Waals surface area contributed by atoms with Crippen molar-refractivity contribution in [1.82, 2.24) is 0 Å². The summed E-state index contributed by atoms with van der Waals surface area (Å²) in [6, 6.07) is 7.35. The summed E-state index contributed by atoms with van der Waals surface area (Å²) in [6.45, 7) is 12.5. The van der Waals surface area contributed by atoms with Gasteiger partial charge in [0.15, 0.2) is 0 Å². The van der Waals surface area contributed by atoms with E-state index in [1.165, 1.54) is 11.6 Å². The molecule has 6 nitrogen and oxygen atoms in total. The first kappa shape index (κ1) is 32.7. The van der Waals surface area contributed by atoms with Crippen molar-refractivity contribution in [1.29, 1.82) is 0 Å². The van der Waals surface area contributed by atoms with E-state index in [-0.39, 0.29) is 53.0 Å². The quantitative estimate of drug-likeness (QED) is 0.132. The highest BCUT2D eigenvalue weighted by atomic mass is 16.5. The van der Waals surface area contributed by atoms with Crippen molar-refractivity contribution < 1.29 is 30.0 Å². The molecule has 4 rings (SSSR count). The molecule has 1 aliphatic heterocycles. The van der Waals surface area contributed by atoms with Crippen LogP contribution in [0.3, 0.4) is 0 Å². The number of fused-ring (bicyclic) bond motifs is 3. The minimum Gasteiger partial charge on any atom is -0.508 e. The maximum Gasteiger partial charge on any atom is 0.328 e. The molecule has 1 aromatic rings. The van der Waals surface area contributed by atoms with E-state index in [0.717, 1.165) is 23.6 Å². The monoisotopic (exact) mass is 588 g/mol. The minimum absolute atomic E-state index is 0.0545. The normalized spacial score (nSPS) is 33.8. The number of aromatic hydroxyl groups is 1. The second-order valence-corrected chi connectivity index (χ2v) is 13.6. The van der Waals surface area contributed by atoms with Gasteiger partial charge in [-0.15, -0.1) is 0 Å². The van der Waals surface area contributed by atoms with Crippen LogP contribution in [0.5, 0.6) is 5.75 Å². The third-order valence-electron chi connectivity index (χ3n) is 9.67. The molecule has 0 bridgehead atoms. The Morgan fingerprint density at radius 1 is 1.09 bits per heavy atom. The van der Waals surface area contributed by atoms with Crippen LogP contribution in [0.25, 0.3) is 0 Å². The number of rotatable bonds is 10. The molecule has 9 atom stereocenters. The summed E-state index contributed by atoms with van der Waals surface area (Å²) in [7, 11) is 0. The smallest absolute Gasteiger partial charge is 0.328 e. The number of benzene rings is 1. The van der Waals surface area contributed by atoms with Crippen LogP contribution < -0.4 is 0 Å². The molecule has 43 heavy (non-hydrogen) atoms. The van der Waals surface area contributed by atoms with Crippen molar-refractivity contribution >= 4 is 5.97 Å². The summed E-state index contributed by atoms with van der Waals surface area (Å²) in [5, 5.41) is 40.6. The summed E-state index contributed by atoms with van der Waals surface area (Å²) in [5.41, 5.74) is 2.29. The maximum atomic E-state index is 11.4. The number of hydrogen-bond donors (Lipinski definition) is 4. The average Bonchev–Trinajstić information content (AvgIpc) is 3.39. The fourth-order valence-electron chi connectivity index (χ4n) is 7.79.